The van der Waals surface area contributed by atoms with Gasteiger partial charge in [-0.3, -0.25) is 14.5 Å². The first-order valence-corrected chi connectivity index (χ1v) is 7.22. The fraction of sp³-hybridized carbons (Fsp3) is 0.500. The summed E-state index contributed by atoms with van der Waals surface area (Å²) in [6, 6.07) is 5.56. The van der Waals surface area contributed by atoms with Gasteiger partial charge in [0.05, 0.1) is 18.1 Å². The van der Waals surface area contributed by atoms with Crippen LogP contribution in [0, 0.1) is 11.2 Å². The standard InChI is InChI=1S/C16H20FNO3/c1-3-16(4-2)9-14(20)18(15(16)21)10-13(19)11-6-5-7-12(17)8-11/h5-8,13,19H,3-4,9-10H2,1-2H3. The van der Waals surface area contributed by atoms with E-state index in [1.807, 2.05) is 13.8 Å². The van der Waals surface area contributed by atoms with Crippen molar-refractivity contribution in [1.29, 1.82) is 0 Å². The van der Waals surface area contributed by atoms with Crippen molar-refractivity contribution in [1.82, 2.24) is 4.90 Å². The maximum absolute atomic E-state index is 13.2. The third kappa shape index (κ3) is 2.83. The Bertz CT molecular complexity index is 554. The number of hydrogen-bond donors (Lipinski definition) is 1. The number of nitrogens with zero attached hydrogens (tertiary/aromatic N) is 1. The molecule has 0 bridgehead atoms. The van der Waals surface area contributed by atoms with E-state index in [4.69, 9.17) is 0 Å². The van der Waals surface area contributed by atoms with Gasteiger partial charge in [0.25, 0.3) is 0 Å². The number of carbonyl (C=O) groups excluding carboxylic acids is 2. The van der Waals surface area contributed by atoms with Gasteiger partial charge in [-0.1, -0.05) is 26.0 Å². The molecule has 1 heterocycles. The van der Waals surface area contributed by atoms with Crippen LogP contribution in [-0.4, -0.2) is 28.4 Å². The van der Waals surface area contributed by atoms with E-state index >= 15 is 0 Å². The normalized spacial score (nSPS) is 19.1. The third-order valence-corrected chi connectivity index (χ3v) is 4.43. The van der Waals surface area contributed by atoms with Gasteiger partial charge in [-0.2, -0.15) is 0 Å². The summed E-state index contributed by atoms with van der Waals surface area (Å²) in [5, 5.41) is 10.1. The molecule has 114 valence electrons. The van der Waals surface area contributed by atoms with Crippen molar-refractivity contribution in [3.05, 3.63) is 35.6 Å². The molecule has 2 amide bonds. The maximum Gasteiger partial charge on any atom is 0.235 e. The third-order valence-electron chi connectivity index (χ3n) is 4.43. The number of likely N-dealkylation sites (tertiary alicyclic amines) is 1. The Hall–Kier alpha value is -1.75. The van der Waals surface area contributed by atoms with Crippen molar-refractivity contribution in [3.8, 4) is 0 Å². The minimum Gasteiger partial charge on any atom is -0.387 e. The zero-order chi connectivity index (χ0) is 15.6. The minimum atomic E-state index is -1.07. The van der Waals surface area contributed by atoms with Gasteiger partial charge in [-0.25, -0.2) is 4.39 Å². The first-order valence-electron chi connectivity index (χ1n) is 7.22. The largest absolute Gasteiger partial charge is 0.387 e. The van der Waals surface area contributed by atoms with E-state index in [2.05, 4.69) is 0 Å². The van der Waals surface area contributed by atoms with E-state index < -0.39 is 17.3 Å². The van der Waals surface area contributed by atoms with Gasteiger partial charge in [0.2, 0.25) is 11.8 Å². The number of amides is 2. The number of β-amino-alcohol motifs (C(OH)–C–C–N with tert-alkyl or cyclic N) is 1. The smallest absolute Gasteiger partial charge is 0.235 e. The second-order valence-electron chi connectivity index (χ2n) is 5.54. The van der Waals surface area contributed by atoms with Crippen LogP contribution >= 0.6 is 0 Å². The van der Waals surface area contributed by atoms with Gasteiger partial charge in [0, 0.05) is 6.42 Å². The Labute approximate surface area is 123 Å². The predicted octanol–water partition coefficient (Wildman–Crippen LogP) is 2.42. The number of carbonyl (C=O) groups is 2. The molecule has 2 rings (SSSR count). The van der Waals surface area contributed by atoms with Crippen LogP contribution in [0.1, 0.15) is 44.8 Å². The average molecular weight is 293 g/mol. The summed E-state index contributed by atoms with van der Waals surface area (Å²) in [5.74, 6) is -0.950. The van der Waals surface area contributed by atoms with Crippen molar-refractivity contribution in [2.45, 2.75) is 39.2 Å². The molecule has 1 atom stereocenters. The number of hydrogen-bond acceptors (Lipinski definition) is 3. The lowest BCUT2D eigenvalue weighted by molar-refractivity contribution is -0.143. The van der Waals surface area contributed by atoms with Crippen molar-refractivity contribution in [3.63, 3.8) is 0 Å². The van der Waals surface area contributed by atoms with E-state index in [0.717, 1.165) is 4.90 Å². The lowest BCUT2D eigenvalue weighted by atomic mass is 9.81. The highest BCUT2D eigenvalue weighted by Gasteiger charge is 2.49. The molecule has 1 unspecified atom stereocenters. The molecule has 0 spiro atoms. The van der Waals surface area contributed by atoms with Crippen LogP contribution in [0.2, 0.25) is 0 Å². The first-order chi connectivity index (χ1) is 9.93. The Balaban J connectivity index is 2.16. The second-order valence-corrected chi connectivity index (χ2v) is 5.54. The molecule has 4 nitrogen and oxygen atoms in total. The summed E-state index contributed by atoms with van der Waals surface area (Å²) in [6.07, 6.45) is 0.314. The van der Waals surface area contributed by atoms with Crippen molar-refractivity contribution in [2.24, 2.45) is 5.41 Å². The van der Waals surface area contributed by atoms with Crippen LogP contribution in [0.5, 0.6) is 0 Å². The molecule has 1 aliphatic heterocycles. The zero-order valence-electron chi connectivity index (χ0n) is 12.3. The van der Waals surface area contributed by atoms with Crippen molar-refractivity contribution >= 4 is 11.8 Å². The molecule has 5 heteroatoms. The molecule has 1 saturated heterocycles. The quantitative estimate of drug-likeness (QED) is 0.848. The molecule has 1 aromatic carbocycles. The van der Waals surface area contributed by atoms with Crippen LogP contribution in [0.4, 0.5) is 4.39 Å². The number of imide groups is 1. The number of benzene rings is 1. The molecule has 1 N–H and O–H groups in total. The lowest BCUT2D eigenvalue weighted by Crippen LogP contribution is -2.37. The molecule has 0 aliphatic carbocycles. The van der Waals surface area contributed by atoms with Crippen LogP contribution in [0.15, 0.2) is 24.3 Å². The summed E-state index contributed by atoms with van der Waals surface area (Å²) in [7, 11) is 0. The predicted molar refractivity (Wildman–Crippen MR) is 75.7 cm³/mol. The molecular formula is C16H20FNO3. The van der Waals surface area contributed by atoms with Crippen LogP contribution in [0.3, 0.4) is 0 Å². The molecule has 1 aromatic rings. The van der Waals surface area contributed by atoms with Gasteiger partial charge >= 0.3 is 0 Å². The summed E-state index contributed by atoms with van der Waals surface area (Å²) in [6.45, 7) is 3.66. The highest BCUT2D eigenvalue weighted by atomic mass is 19.1. The molecule has 0 saturated carbocycles. The first kappa shape index (κ1) is 15.6. The van der Waals surface area contributed by atoms with Crippen molar-refractivity contribution in [2.75, 3.05) is 6.54 Å². The van der Waals surface area contributed by atoms with E-state index in [1.165, 1.54) is 18.2 Å². The fourth-order valence-corrected chi connectivity index (χ4v) is 2.84. The summed E-state index contributed by atoms with van der Waals surface area (Å²) >= 11 is 0. The molecule has 0 radical (unpaired) electrons. The van der Waals surface area contributed by atoms with Crippen molar-refractivity contribution < 1.29 is 19.1 Å². The van der Waals surface area contributed by atoms with Crippen LogP contribution in [0.25, 0.3) is 0 Å². The Kier molecular flexibility index (Phi) is 4.42. The fourth-order valence-electron chi connectivity index (χ4n) is 2.84. The van der Waals surface area contributed by atoms with E-state index in [1.54, 1.807) is 6.07 Å². The molecule has 1 aliphatic rings. The van der Waals surface area contributed by atoms with Gasteiger partial charge in [-0.05, 0) is 30.5 Å². The molecular weight excluding hydrogens is 273 g/mol. The highest BCUT2D eigenvalue weighted by molar-refractivity contribution is 6.05. The average Bonchev–Trinajstić information content (AvgIpc) is 2.72. The van der Waals surface area contributed by atoms with Crippen LogP contribution in [-0.2, 0) is 9.59 Å². The van der Waals surface area contributed by atoms with E-state index in [9.17, 15) is 19.1 Å². The Morgan fingerprint density at radius 1 is 1.33 bits per heavy atom. The highest BCUT2D eigenvalue weighted by Crippen LogP contribution is 2.39. The van der Waals surface area contributed by atoms with Gasteiger partial charge in [0.1, 0.15) is 5.82 Å². The van der Waals surface area contributed by atoms with Gasteiger partial charge in [0.15, 0.2) is 0 Å². The molecule has 21 heavy (non-hydrogen) atoms. The number of aliphatic hydroxyl groups is 1. The lowest BCUT2D eigenvalue weighted by Gasteiger charge is -2.24. The number of aliphatic hydroxyl groups excluding tert-OH is 1. The SMILES string of the molecule is CCC1(CC)CC(=O)N(CC(O)c2cccc(F)c2)C1=O. The monoisotopic (exact) mass is 293 g/mol. The zero-order valence-corrected chi connectivity index (χ0v) is 12.3. The topological polar surface area (TPSA) is 57.6 Å². The number of halogens is 1. The summed E-state index contributed by atoms with van der Waals surface area (Å²) < 4.78 is 13.2. The second kappa shape index (κ2) is 5.93. The van der Waals surface area contributed by atoms with E-state index in [0.29, 0.717) is 18.4 Å². The summed E-state index contributed by atoms with van der Waals surface area (Å²) in [5.41, 5.74) is -0.278. The van der Waals surface area contributed by atoms with Gasteiger partial charge in [-0.15, -0.1) is 0 Å². The Morgan fingerprint density at radius 2 is 2.00 bits per heavy atom. The van der Waals surface area contributed by atoms with E-state index in [-0.39, 0.29) is 24.8 Å². The minimum absolute atomic E-state index is 0.122. The Morgan fingerprint density at radius 3 is 2.52 bits per heavy atom. The maximum atomic E-state index is 13.2. The molecule has 1 fully saturated rings. The number of rotatable bonds is 5. The molecule has 0 aromatic heterocycles. The van der Waals surface area contributed by atoms with Crippen LogP contribution < -0.4 is 0 Å². The summed E-state index contributed by atoms with van der Waals surface area (Å²) in [4.78, 5) is 25.6. The van der Waals surface area contributed by atoms with Gasteiger partial charge < -0.3 is 5.11 Å².